The van der Waals surface area contributed by atoms with Gasteiger partial charge in [-0.2, -0.15) is 0 Å². The largest absolute Gasteiger partial charge is 0.347 e. The Morgan fingerprint density at radius 2 is 1.86 bits per heavy atom. The second-order valence-electron chi connectivity index (χ2n) is 5.19. The van der Waals surface area contributed by atoms with Crippen molar-refractivity contribution in [2.75, 3.05) is 13.2 Å². The van der Waals surface area contributed by atoms with Gasteiger partial charge >= 0.3 is 0 Å². The summed E-state index contributed by atoms with van der Waals surface area (Å²) in [4.78, 5) is 0. The summed E-state index contributed by atoms with van der Waals surface area (Å²) in [6.45, 7) is 1.62. The van der Waals surface area contributed by atoms with Gasteiger partial charge < -0.3 is 9.47 Å². The number of ether oxygens (including phenoxy) is 2. The van der Waals surface area contributed by atoms with E-state index in [2.05, 4.69) is 12.2 Å². The Hall–Kier alpha value is -0.340. The first-order valence-electron chi connectivity index (χ1n) is 5.85. The smallest absolute Gasteiger partial charge is 0.172 e. The van der Waals surface area contributed by atoms with Crippen LogP contribution in [0.4, 0.5) is 0 Å². The Bertz CT molecular complexity index is 291. The Morgan fingerprint density at radius 3 is 2.71 bits per heavy atom. The molecule has 3 fully saturated rings. The van der Waals surface area contributed by atoms with Crippen molar-refractivity contribution in [1.29, 1.82) is 0 Å². The fourth-order valence-corrected chi connectivity index (χ4v) is 4.31. The van der Waals surface area contributed by atoms with Gasteiger partial charge in [-0.25, -0.2) is 0 Å². The van der Waals surface area contributed by atoms with Crippen LogP contribution in [0.1, 0.15) is 19.3 Å². The monoisotopic (exact) mass is 192 g/mol. The summed E-state index contributed by atoms with van der Waals surface area (Å²) in [6.07, 6.45) is 8.65. The van der Waals surface area contributed by atoms with E-state index in [-0.39, 0.29) is 5.79 Å². The standard InChI is InChI=1S/C12H16O2/c1-2-9-7-8(1)10-3-4-12(11(9)10)13-5-6-14-12/h1-2,8-11H,3-7H2. The number of hydrogen-bond acceptors (Lipinski definition) is 2. The van der Waals surface area contributed by atoms with Crippen molar-refractivity contribution in [2.45, 2.75) is 25.0 Å². The normalized spacial score (nSPS) is 52.0. The Morgan fingerprint density at radius 1 is 1.07 bits per heavy atom. The van der Waals surface area contributed by atoms with Gasteiger partial charge in [-0.05, 0) is 30.6 Å². The van der Waals surface area contributed by atoms with Gasteiger partial charge in [0, 0.05) is 12.3 Å². The molecule has 4 aliphatic rings. The van der Waals surface area contributed by atoms with Gasteiger partial charge in [-0.1, -0.05) is 12.2 Å². The van der Waals surface area contributed by atoms with Crippen molar-refractivity contribution >= 4 is 0 Å². The van der Waals surface area contributed by atoms with E-state index in [0.717, 1.165) is 37.4 Å². The van der Waals surface area contributed by atoms with Crippen LogP contribution in [-0.4, -0.2) is 19.0 Å². The molecule has 2 saturated carbocycles. The molecule has 0 amide bonds. The highest BCUT2D eigenvalue weighted by atomic mass is 16.7. The molecular weight excluding hydrogens is 176 g/mol. The molecule has 0 radical (unpaired) electrons. The molecule has 1 saturated heterocycles. The third-order valence-corrected chi connectivity index (χ3v) is 4.73. The summed E-state index contributed by atoms with van der Waals surface area (Å²) in [5, 5.41) is 0. The van der Waals surface area contributed by atoms with E-state index in [1.54, 1.807) is 0 Å². The molecule has 1 heterocycles. The minimum atomic E-state index is -0.158. The van der Waals surface area contributed by atoms with Gasteiger partial charge in [-0.3, -0.25) is 0 Å². The lowest BCUT2D eigenvalue weighted by Crippen LogP contribution is -2.38. The second-order valence-corrected chi connectivity index (χ2v) is 5.19. The molecule has 1 aliphatic heterocycles. The number of hydrogen-bond donors (Lipinski definition) is 0. The first kappa shape index (κ1) is 7.89. The van der Waals surface area contributed by atoms with Crippen LogP contribution in [0.15, 0.2) is 12.2 Å². The van der Waals surface area contributed by atoms with E-state index in [1.807, 2.05) is 0 Å². The highest BCUT2D eigenvalue weighted by Crippen LogP contribution is 2.61. The van der Waals surface area contributed by atoms with E-state index in [4.69, 9.17) is 9.47 Å². The highest BCUT2D eigenvalue weighted by Gasteiger charge is 2.61. The molecule has 3 aliphatic carbocycles. The summed E-state index contributed by atoms with van der Waals surface area (Å²) in [5.74, 6) is 2.99. The van der Waals surface area contributed by atoms with Gasteiger partial charge in [-0.15, -0.1) is 0 Å². The highest BCUT2D eigenvalue weighted by molar-refractivity contribution is 5.19. The van der Waals surface area contributed by atoms with Crippen molar-refractivity contribution in [3.05, 3.63) is 12.2 Å². The van der Waals surface area contributed by atoms with Crippen molar-refractivity contribution in [1.82, 2.24) is 0 Å². The summed E-state index contributed by atoms with van der Waals surface area (Å²) in [7, 11) is 0. The third kappa shape index (κ3) is 0.763. The number of rotatable bonds is 0. The average molecular weight is 192 g/mol. The van der Waals surface area contributed by atoms with Crippen molar-refractivity contribution in [3.8, 4) is 0 Å². The van der Waals surface area contributed by atoms with Crippen LogP contribution < -0.4 is 0 Å². The molecule has 14 heavy (non-hydrogen) atoms. The van der Waals surface area contributed by atoms with Crippen molar-refractivity contribution < 1.29 is 9.47 Å². The van der Waals surface area contributed by atoms with Crippen LogP contribution >= 0.6 is 0 Å². The van der Waals surface area contributed by atoms with E-state index in [9.17, 15) is 0 Å². The lowest BCUT2D eigenvalue weighted by atomic mass is 9.83. The molecule has 0 aromatic heterocycles. The fraction of sp³-hybridized carbons (Fsp3) is 0.833. The zero-order chi connectivity index (χ0) is 9.17. The summed E-state index contributed by atoms with van der Waals surface area (Å²) in [6, 6.07) is 0. The first-order valence-corrected chi connectivity index (χ1v) is 5.85. The summed E-state index contributed by atoms with van der Waals surface area (Å²) < 4.78 is 11.8. The maximum Gasteiger partial charge on any atom is 0.172 e. The van der Waals surface area contributed by atoms with Gasteiger partial charge in [0.15, 0.2) is 5.79 Å². The maximum absolute atomic E-state index is 5.91. The molecule has 0 aromatic rings. The van der Waals surface area contributed by atoms with E-state index in [0.29, 0.717) is 5.92 Å². The second kappa shape index (κ2) is 2.42. The fourth-order valence-electron chi connectivity index (χ4n) is 4.31. The van der Waals surface area contributed by atoms with E-state index in [1.165, 1.54) is 12.8 Å². The van der Waals surface area contributed by atoms with Crippen molar-refractivity contribution in [2.24, 2.45) is 23.7 Å². The summed E-state index contributed by atoms with van der Waals surface area (Å²) >= 11 is 0. The van der Waals surface area contributed by atoms with Gasteiger partial charge in [0.05, 0.1) is 13.2 Å². The maximum atomic E-state index is 5.91. The lowest BCUT2D eigenvalue weighted by molar-refractivity contribution is -0.190. The average Bonchev–Trinajstić information content (AvgIpc) is 2.93. The zero-order valence-electron chi connectivity index (χ0n) is 8.32. The quantitative estimate of drug-likeness (QED) is 0.546. The third-order valence-electron chi connectivity index (χ3n) is 4.73. The first-order chi connectivity index (χ1) is 6.89. The molecule has 2 heteroatoms. The minimum absolute atomic E-state index is 0.158. The lowest BCUT2D eigenvalue weighted by Gasteiger charge is -2.33. The molecule has 4 atom stereocenters. The SMILES string of the molecule is C1=CC2CC1C1CCC3(OCCO3)C21. The topological polar surface area (TPSA) is 18.5 Å². The Balaban J connectivity index is 1.74. The van der Waals surface area contributed by atoms with Crippen LogP contribution in [0.2, 0.25) is 0 Å². The molecule has 4 unspecified atom stereocenters. The Labute approximate surface area is 84.3 Å². The van der Waals surface area contributed by atoms with Crippen LogP contribution in [0.5, 0.6) is 0 Å². The Kier molecular flexibility index (Phi) is 1.36. The van der Waals surface area contributed by atoms with Crippen LogP contribution in [-0.2, 0) is 9.47 Å². The molecule has 76 valence electrons. The summed E-state index contributed by atoms with van der Waals surface area (Å²) in [5.41, 5.74) is 0. The van der Waals surface area contributed by atoms with Gasteiger partial charge in [0.25, 0.3) is 0 Å². The minimum Gasteiger partial charge on any atom is -0.347 e. The van der Waals surface area contributed by atoms with Gasteiger partial charge in [0.2, 0.25) is 0 Å². The van der Waals surface area contributed by atoms with Gasteiger partial charge in [0.1, 0.15) is 0 Å². The predicted octanol–water partition coefficient (Wildman–Crippen LogP) is 1.96. The molecule has 2 nitrogen and oxygen atoms in total. The number of fused-ring (bicyclic) bond motifs is 6. The molecule has 4 rings (SSSR count). The van der Waals surface area contributed by atoms with E-state index >= 15 is 0 Å². The number of allylic oxidation sites excluding steroid dienone is 2. The molecule has 0 N–H and O–H groups in total. The molecule has 1 spiro atoms. The van der Waals surface area contributed by atoms with Crippen molar-refractivity contribution in [3.63, 3.8) is 0 Å². The van der Waals surface area contributed by atoms with Crippen LogP contribution in [0, 0.1) is 23.7 Å². The van der Waals surface area contributed by atoms with Crippen LogP contribution in [0.3, 0.4) is 0 Å². The molecule has 2 bridgehead atoms. The molecule has 0 aromatic carbocycles. The predicted molar refractivity (Wildman–Crippen MR) is 51.6 cm³/mol. The zero-order valence-corrected chi connectivity index (χ0v) is 8.32. The van der Waals surface area contributed by atoms with Crippen LogP contribution in [0.25, 0.3) is 0 Å². The van der Waals surface area contributed by atoms with E-state index < -0.39 is 0 Å². The molecular formula is C12H16O2.